The Hall–Kier alpha value is -2.80. The molecule has 2 aromatic carbocycles. The van der Waals surface area contributed by atoms with Gasteiger partial charge < -0.3 is 5.32 Å². The monoisotopic (exact) mass is 448 g/mol. The minimum atomic E-state index is -5.13. The maximum atomic E-state index is 13.7. The lowest BCUT2D eigenvalue weighted by molar-refractivity contribution is -0.170. The van der Waals surface area contributed by atoms with Gasteiger partial charge in [0.2, 0.25) is 0 Å². The predicted octanol–water partition coefficient (Wildman–Crippen LogP) is 6.05. The number of amides is 1. The highest BCUT2D eigenvalue weighted by atomic mass is 35.5. The standard InChI is InChI=1S/C23H20ClF3N2O2/c1-22(2)11-16-19(18(30)12-22)20(13-7-9-14(24)10-8-13)29(21(31)23(25,26)27)17-6-4-3-5-15(17)28-16/h3-10,20,28H,11-12H2,1-2H3/t20-/m1/s1. The van der Waals surface area contributed by atoms with Gasteiger partial charge in [0.25, 0.3) is 0 Å². The highest BCUT2D eigenvalue weighted by molar-refractivity contribution is 6.30. The van der Waals surface area contributed by atoms with E-state index in [-0.39, 0.29) is 28.9 Å². The summed E-state index contributed by atoms with van der Waals surface area (Å²) in [4.78, 5) is 26.7. The maximum absolute atomic E-state index is 13.7. The van der Waals surface area contributed by atoms with Crippen LogP contribution in [0.15, 0.2) is 59.8 Å². The Labute approximate surface area is 182 Å². The van der Waals surface area contributed by atoms with Crippen molar-refractivity contribution >= 4 is 34.7 Å². The molecule has 2 aromatic rings. The summed E-state index contributed by atoms with van der Waals surface area (Å²) in [6, 6.07) is 11.2. The Bertz CT molecular complexity index is 1090. The molecule has 0 unspecified atom stereocenters. The molecule has 1 aliphatic heterocycles. The van der Waals surface area contributed by atoms with E-state index in [1.54, 1.807) is 30.3 Å². The van der Waals surface area contributed by atoms with Crippen molar-refractivity contribution in [1.29, 1.82) is 0 Å². The average molecular weight is 449 g/mol. The second-order valence-electron chi connectivity index (χ2n) is 8.60. The van der Waals surface area contributed by atoms with Gasteiger partial charge >= 0.3 is 12.1 Å². The van der Waals surface area contributed by atoms with Crippen molar-refractivity contribution in [2.75, 3.05) is 10.2 Å². The molecule has 0 saturated carbocycles. The number of hydrogen-bond donors (Lipinski definition) is 1. The summed E-state index contributed by atoms with van der Waals surface area (Å²) in [7, 11) is 0. The minimum absolute atomic E-state index is 0.0600. The van der Waals surface area contributed by atoms with Gasteiger partial charge in [-0.25, -0.2) is 0 Å². The van der Waals surface area contributed by atoms with Crippen molar-refractivity contribution in [2.45, 2.75) is 38.9 Å². The van der Waals surface area contributed by atoms with Gasteiger partial charge in [0.05, 0.1) is 17.4 Å². The molecule has 4 rings (SSSR count). The lowest BCUT2D eigenvalue weighted by Crippen LogP contribution is -2.45. The molecule has 0 spiro atoms. The molecular formula is C23H20ClF3N2O2. The summed E-state index contributed by atoms with van der Waals surface area (Å²) in [6.07, 6.45) is -4.50. The Morgan fingerprint density at radius 1 is 1.10 bits per heavy atom. The fraction of sp³-hybridized carbons (Fsp3) is 0.304. The van der Waals surface area contributed by atoms with Crippen molar-refractivity contribution in [3.05, 3.63) is 70.4 Å². The van der Waals surface area contributed by atoms with Crippen molar-refractivity contribution < 1.29 is 22.8 Å². The summed E-state index contributed by atoms with van der Waals surface area (Å²) in [6.45, 7) is 3.87. The molecule has 31 heavy (non-hydrogen) atoms. The zero-order valence-electron chi connectivity index (χ0n) is 16.9. The Balaban J connectivity index is 2.03. The molecule has 162 valence electrons. The molecule has 1 atom stereocenters. The minimum Gasteiger partial charge on any atom is -0.357 e. The number of ketones is 1. The van der Waals surface area contributed by atoms with E-state index in [1.165, 1.54) is 18.2 Å². The van der Waals surface area contributed by atoms with E-state index in [4.69, 9.17) is 11.6 Å². The van der Waals surface area contributed by atoms with Crippen LogP contribution in [0.1, 0.15) is 38.3 Å². The predicted molar refractivity (Wildman–Crippen MR) is 113 cm³/mol. The SMILES string of the molecule is CC1(C)CC(=O)C2=C(C1)Nc1ccccc1N(C(=O)C(F)(F)F)[C@@H]2c1ccc(Cl)cc1. The van der Waals surface area contributed by atoms with Gasteiger partial charge in [-0.05, 0) is 41.7 Å². The maximum Gasteiger partial charge on any atom is 0.471 e. The fourth-order valence-corrected chi connectivity index (χ4v) is 4.43. The number of alkyl halides is 3. The number of Topliss-reactive ketones (excluding diaryl/α,β-unsaturated/α-hetero) is 1. The fourth-order valence-electron chi connectivity index (χ4n) is 4.31. The molecule has 1 aliphatic carbocycles. The molecule has 1 heterocycles. The summed E-state index contributed by atoms with van der Waals surface area (Å²) in [5, 5.41) is 3.56. The zero-order chi connectivity index (χ0) is 22.6. The van der Waals surface area contributed by atoms with Crippen LogP contribution in [-0.2, 0) is 9.59 Å². The molecular weight excluding hydrogens is 429 g/mol. The number of benzene rings is 2. The summed E-state index contributed by atoms with van der Waals surface area (Å²) < 4.78 is 41.2. The van der Waals surface area contributed by atoms with Crippen LogP contribution < -0.4 is 10.2 Å². The number of carbonyl (C=O) groups is 2. The molecule has 4 nitrogen and oxygen atoms in total. The van der Waals surface area contributed by atoms with E-state index >= 15 is 0 Å². The summed E-state index contributed by atoms with van der Waals surface area (Å²) in [5.74, 6) is -2.32. The third-order valence-corrected chi connectivity index (χ3v) is 5.80. The lowest BCUT2D eigenvalue weighted by Gasteiger charge is -2.37. The van der Waals surface area contributed by atoms with Gasteiger partial charge in [0.1, 0.15) is 0 Å². The van der Waals surface area contributed by atoms with E-state index in [2.05, 4.69) is 5.32 Å². The molecule has 0 aromatic heterocycles. The normalized spacial score (nSPS) is 20.5. The van der Waals surface area contributed by atoms with E-state index in [9.17, 15) is 22.8 Å². The van der Waals surface area contributed by atoms with E-state index in [0.717, 1.165) is 0 Å². The number of carbonyl (C=O) groups excluding carboxylic acids is 2. The van der Waals surface area contributed by atoms with Crippen LogP contribution in [0.25, 0.3) is 0 Å². The van der Waals surface area contributed by atoms with E-state index < -0.39 is 18.1 Å². The third kappa shape index (κ3) is 3.94. The van der Waals surface area contributed by atoms with Crippen molar-refractivity contribution in [3.63, 3.8) is 0 Å². The summed E-state index contributed by atoms with van der Waals surface area (Å²) >= 11 is 5.99. The van der Waals surface area contributed by atoms with E-state index in [1.807, 2.05) is 13.8 Å². The molecule has 0 bridgehead atoms. The van der Waals surface area contributed by atoms with Crippen molar-refractivity contribution in [1.82, 2.24) is 0 Å². The van der Waals surface area contributed by atoms with Crippen LogP contribution in [0.3, 0.4) is 0 Å². The summed E-state index contributed by atoms with van der Waals surface area (Å²) in [5.41, 5.74) is 1.12. The second-order valence-corrected chi connectivity index (χ2v) is 9.04. The van der Waals surface area contributed by atoms with Gasteiger partial charge in [0, 0.05) is 22.7 Å². The Morgan fingerprint density at radius 3 is 2.39 bits per heavy atom. The Kier molecular flexibility index (Phi) is 5.12. The molecule has 8 heteroatoms. The van der Waals surface area contributed by atoms with Crippen LogP contribution in [-0.4, -0.2) is 17.9 Å². The van der Waals surface area contributed by atoms with Gasteiger partial charge in [0.15, 0.2) is 5.78 Å². The molecule has 1 amide bonds. The van der Waals surface area contributed by atoms with E-state index in [0.29, 0.717) is 33.3 Å². The first-order valence-electron chi connectivity index (χ1n) is 9.76. The number of fused-ring (bicyclic) bond motifs is 1. The first-order valence-corrected chi connectivity index (χ1v) is 10.1. The topological polar surface area (TPSA) is 49.4 Å². The van der Waals surface area contributed by atoms with Gasteiger partial charge in [-0.2, -0.15) is 13.2 Å². The number of hydrogen-bond acceptors (Lipinski definition) is 3. The lowest BCUT2D eigenvalue weighted by atomic mass is 9.73. The smallest absolute Gasteiger partial charge is 0.357 e. The molecule has 0 saturated heterocycles. The average Bonchev–Trinajstić information content (AvgIpc) is 2.80. The highest BCUT2D eigenvalue weighted by Crippen LogP contribution is 2.49. The number of allylic oxidation sites excluding steroid dienone is 1. The van der Waals surface area contributed by atoms with Crippen LogP contribution in [0, 0.1) is 5.41 Å². The highest BCUT2D eigenvalue weighted by Gasteiger charge is 2.50. The zero-order valence-corrected chi connectivity index (χ0v) is 17.6. The van der Waals surface area contributed by atoms with Crippen LogP contribution in [0.2, 0.25) is 5.02 Å². The molecule has 0 fully saturated rings. The number of nitrogens with one attached hydrogen (secondary N) is 1. The van der Waals surface area contributed by atoms with Crippen LogP contribution in [0.5, 0.6) is 0 Å². The number of nitrogens with zero attached hydrogens (tertiary/aromatic N) is 1. The van der Waals surface area contributed by atoms with Crippen molar-refractivity contribution in [3.8, 4) is 0 Å². The van der Waals surface area contributed by atoms with Gasteiger partial charge in [-0.1, -0.05) is 49.7 Å². The first-order chi connectivity index (χ1) is 14.5. The third-order valence-electron chi connectivity index (χ3n) is 5.55. The van der Waals surface area contributed by atoms with Crippen molar-refractivity contribution in [2.24, 2.45) is 5.41 Å². The quantitative estimate of drug-likeness (QED) is 0.578. The largest absolute Gasteiger partial charge is 0.471 e. The first kappa shape index (κ1) is 21.4. The number of rotatable bonds is 1. The molecule has 0 radical (unpaired) electrons. The number of halogens is 4. The van der Waals surface area contributed by atoms with Crippen LogP contribution in [0.4, 0.5) is 24.5 Å². The molecule has 2 aliphatic rings. The van der Waals surface area contributed by atoms with Gasteiger partial charge in [-0.3, -0.25) is 14.5 Å². The number of para-hydroxylation sites is 2. The Morgan fingerprint density at radius 2 is 1.74 bits per heavy atom. The number of anilines is 2. The van der Waals surface area contributed by atoms with Gasteiger partial charge in [-0.15, -0.1) is 0 Å². The van der Waals surface area contributed by atoms with Crippen LogP contribution >= 0.6 is 11.6 Å². The molecule has 1 N–H and O–H groups in total. The second kappa shape index (κ2) is 7.41.